The van der Waals surface area contributed by atoms with Gasteiger partial charge in [-0.05, 0) is 42.2 Å². The standard InChI is InChI=1S/C23H23FN4O2/c1-16(2)14-26-15-25-21-20(26)22(29)27(13-12-17-6-4-3-5-7-17)23(30)28(21)19-10-8-18(24)9-11-19/h3-11,15-16H,12-14H2,1-2H3. The Morgan fingerprint density at radius 2 is 1.70 bits per heavy atom. The number of fused-ring (bicyclic) bond motifs is 1. The Morgan fingerprint density at radius 3 is 2.37 bits per heavy atom. The number of rotatable bonds is 6. The molecular formula is C23H23FN4O2. The molecular weight excluding hydrogens is 383 g/mol. The van der Waals surface area contributed by atoms with E-state index < -0.39 is 11.5 Å². The first-order chi connectivity index (χ1) is 14.5. The average Bonchev–Trinajstić information content (AvgIpc) is 3.13. The molecule has 2 heterocycles. The summed E-state index contributed by atoms with van der Waals surface area (Å²) in [7, 11) is 0. The lowest BCUT2D eigenvalue weighted by atomic mass is 10.1. The number of hydrogen-bond donors (Lipinski definition) is 0. The van der Waals surface area contributed by atoms with Crippen molar-refractivity contribution < 1.29 is 4.39 Å². The van der Waals surface area contributed by atoms with E-state index in [-0.39, 0.29) is 17.8 Å². The Labute approximate surface area is 172 Å². The van der Waals surface area contributed by atoms with Crippen LogP contribution in [0.5, 0.6) is 0 Å². The fourth-order valence-corrected chi connectivity index (χ4v) is 3.62. The number of hydrogen-bond acceptors (Lipinski definition) is 3. The number of imidazole rings is 1. The first-order valence-corrected chi connectivity index (χ1v) is 9.96. The normalized spacial score (nSPS) is 11.5. The number of benzene rings is 2. The molecule has 0 aliphatic rings. The predicted octanol–water partition coefficient (Wildman–Crippen LogP) is 3.39. The molecule has 2 aromatic carbocycles. The Bertz CT molecular complexity index is 1290. The van der Waals surface area contributed by atoms with E-state index in [0.717, 1.165) is 5.56 Å². The summed E-state index contributed by atoms with van der Waals surface area (Å²) in [5.74, 6) is -0.100. The molecule has 0 unspecified atom stereocenters. The van der Waals surface area contributed by atoms with Crippen molar-refractivity contribution in [2.45, 2.75) is 33.4 Å². The molecule has 0 amide bonds. The van der Waals surface area contributed by atoms with Crippen molar-refractivity contribution in [3.63, 3.8) is 0 Å². The van der Waals surface area contributed by atoms with E-state index in [2.05, 4.69) is 18.8 Å². The van der Waals surface area contributed by atoms with Crippen LogP contribution in [-0.2, 0) is 19.5 Å². The quantitative estimate of drug-likeness (QED) is 0.493. The molecule has 7 heteroatoms. The summed E-state index contributed by atoms with van der Waals surface area (Å²) in [6, 6.07) is 15.3. The molecule has 2 aromatic heterocycles. The molecule has 0 fully saturated rings. The highest BCUT2D eigenvalue weighted by molar-refractivity contribution is 5.72. The zero-order chi connectivity index (χ0) is 21.3. The first kappa shape index (κ1) is 19.8. The van der Waals surface area contributed by atoms with Crippen molar-refractivity contribution >= 4 is 11.2 Å². The van der Waals surface area contributed by atoms with Gasteiger partial charge in [-0.3, -0.25) is 9.36 Å². The van der Waals surface area contributed by atoms with Crippen LogP contribution < -0.4 is 11.2 Å². The van der Waals surface area contributed by atoms with Gasteiger partial charge in [0, 0.05) is 13.1 Å². The number of nitrogens with zero attached hydrogens (tertiary/aromatic N) is 4. The van der Waals surface area contributed by atoms with E-state index in [9.17, 15) is 14.0 Å². The van der Waals surface area contributed by atoms with Crippen molar-refractivity contribution in [3.8, 4) is 5.69 Å². The van der Waals surface area contributed by atoms with Gasteiger partial charge in [-0.1, -0.05) is 44.2 Å². The molecule has 0 saturated heterocycles. The van der Waals surface area contributed by atoms with Crippen molar-refractivity contribution in [2.75, 3.05) is 0 Å². The first-order valence-electron chi connectivity index (χ1n) is 9.96. The number of aryl methyl sites for hydroxylation is 1. The Morgan fingerprint density at radius 1 is 1.00 bits per heavy atom. The molecule has 6 nitrogen and oxygen atoms in total. The minimum absolute atomic E-state index is 0.242. The van der Waals surface area contributed by atoms with Gasteiger partial charge in [-0.2, -0.15) is 0 Å². The SMILES string of the molecule is CC(C)Cn1cnc2c1c(=O)n(CCc1ccccc1)c(=O)n2-c1ccc(F)cc1. The second-order valence-corrected chi connectivity index (χ2v) is 7.75. The van der Waals surface area contributed by atoms with Crippen LogP contribution in [0.4, 0.5) is 4.39 Å². The van der Waals surface area contributed by atoms with Gasteiger partial charge in [-0.25, -0.2) is 18.7 Å². The summed E-state index contributed by atoms with van der Waals surface area (Å²) in [5.41, 5.74) is 1.32. The molecule has 0 aliphatic carbocycles. The molecule has 154 valence electrons. The monoisotopic (exact) mass is 406 g/mol. The number of halogens is 1. The highest BCUT2D eigenvalue weighted by Crippen LogP contribution is 2.15. The van der Waals surface area contributed by atoms with Crippen LogP contribution in [0.2, 0.25) is 0 Å². The predicted molar refractivity (Wildman–Crippen MR) is 115 cm³/mol. The molecule has 0 atom stereocenters. The van der Waals surface area contributed by atoms with Crippen LogP contribution >= 0.6 is 0 Å². The minimum atomic E-state index is -0.482. The fourth-order valence-electron chi connectivity index (χ4n) is 3.62. The van der Waals surface area contributed by atoms with Crippen LogP contribution in [0.25, 0.3) is 16.9 Å². The lowest BCUT2D eigenvalue weighted by Crippen LogP contribution is -2.40. The second kappa shape index (κ2) is 8.10. The summed E-state index contributed by atoms with van der Waals surface area (Å²) in [4.78, 5) is 31.0. The van der Waals surface area contributed by atoms with Crippen LogP contribution in [0.1, 0.15) is 19.4 Å². The van der Waals surface area contributed by atoms with Gasteiger partial charge in [0.1, 0.15) is 5.82 Å². The van der Waals surface area contributed by atoms with Crippen LogP contribution in [0.3, 0.4) is 0 Å². The van der Waals surface area contributed by atoms with Crippen LogP contribution in [0.15, 0.2) is 70.5 Å². The summed E-state index contributed by atoms with van der Waals surface area (Å²) < 4.78 is 17.9. The molecule has 0 aliphatic heterocycles. The highest BCUT2D eigenvalue weighted by Gasteiger charge is 2.19. The average molecular weight is 406 g/mol. The van der Waals surface area contributed by atoms with Crippen molar-refractivity contribution in [3.05, 3.63) is 93.1 Å². The third-order valence-electron chi connectivity index (χ3n) is 5.01. The van der Waals surface area contributed by atoms with E-state index >= 15 is 0 Å². The van der Waals surface area contributed by atoms with Gasteiger partial charge < -0.3 is 4.57 Å². The number of aromatic nitrogens is 4. The van der Waals surface area contributed by atoms with Gasteiger partial charge in [0.05, 0.1) is 12.0 Å². The van der Waals surface area contributed by atoms with Gasteiger partial charge in [0.25, 0.3) is 5.56 Å². The lowest BCUT2D eigenvalue weighted by Gasteiger charge is -2.13. The molecule has 0 spiro atoms. The second-order valence-electron chi connectivity index (χ2n) is 7.75. The van der Waals surface area contributed by atoms with Gasteiger partial charge in [-0.15, -0.1) is 0 Å². The largest absolute Gasteiger partial charge is 0.337 e. The fraction of sp³-hybridized carbons (Fsp3) is 0.261. The van der Waals surface area contributed by atoms with Gasteiger partial charge in [0.15, 0.2) is 11.2 Å². The summed E-state index contributed by atoms with van der Waals surface area (Å²) >= 11 is 0. The summed E-state index contributed by atoms with van der Waals surface area (Å²) in [5, 5.41) is 0. The zero-order valence-electron chi connectivity index (χ0n) is 17.0. The van der Waals surface area contributed by atoms with E-state index in [1.165, 1.54) is 33.4 Å². The van der Waals surface area contributed by atoms with Crippen molar-refractivity contribution in [1.82, 2.24) is 18.7 Å². The lowest BCUT2D eigenvalue weighted by molar-refractivity contribution is 0.529. The van der Waals surface area contributed by atoms with Gasteiger partial charge >= 0.3 is 5.69 Å². The van der Waals surface area contributed by atoms with E-state index in [1.807, 2.05) is 30.3 Å². The maximum atomic E-state index is 13.5. The summed E-state index contributed by atoms with van der Waals surface area (Å²) in [6.45, 7) is 4.95. The molecule has 0 bridgehead atoms. The Hall–Kier alpha value is -3.48. The third kappa shape index (κ3) is 3.70. The maximum Gasteiger partial charge on any atom is 0.337 e. The molecule has 0 N–H and O–H groups in total. The smallest absolute Gasteiger partial charge is 0.324 e. The van der Waals surface area contributed by atoms with E-state index in [0.29, 0.717) is 30.1 Å². The molecule has 0 saturated carbocycles. The van der Waals surface area contributed by atoms with Gasteiger partial charge in [0.2, 0.25) is 0 Å². The Balaban J connectivity index is 1.92. The maximum absolute atomic E-state index is 13.5. The summed E-state index contributed by atoms with van der Waals surface area (Å²) in [6.07, 6.45) is 2.14. The van der Waals surface area contributed by atoms with Crippen molar-refractivity contribution in [1.29, 1.82) is 0 Å². The Kier molecular flexibility index (Phi) is 5.35. The van der Waals surface area contributed by atoms with E-state index in [4.69, 9.17) is 0 Å². The molecule has 4 rings (SSSR count). The third-order valence-corrected chi connectivity index (χ3v) is 5.01. The molecule has 0 radical (unpaired) electrons. The van der Waals surface area contributed by atoms with Crippen LogP contribution in [0, 0.1) is 11.7 Å². The van der Waals surface area contributed by atoms with E-state index in [1.54, 1.807) is 10.9 Å². The zero-order valence-corrected chi connectivity index (χ0v) is 17.0. The molecule has 4 aromatic rings. The topological polar surface area (TPSA) is 61.8 Å². The van der Waals surface area contributed by atoms with Crippen molar-refractivity contribution in [2.24, 2.45) is 5.92 Å². The van der Waals surface area contributed by atoms with Crippen LogP contribution in [-0.4, -0.2) is 18.7 Å². The highest BCUT2D eigenvalue weighted by atomic mass is 19.1. The minimum Gasteiger partial charge on any atom is -0.324 e. The molecule has 30 heavy (non-hydrogen) atoms.